The first-order valence-electron chi connectivity index (χ1n) is 7.83. The molecule has 0 bridgehead atoms. The highest BCUT2D eigenvalue weighted by atomic mass is 79.9. The van der Waals surface area contributed by atoms with Crippen LogP contribution in [-0.2, 0) is 4.74 Å². The molecule has 1 aliphatic heterocycles. The van der Waals surface area contributed by atoms with Crippen molar-refractivity contribution in [2.45, 2.75) is 12.5 Å². The molecule has 130 valence electrons. The van der Waals surface area contributed by atoms with Crippen molar-refractivity contribution in [1.82, 2.24) is 9.88 Å². The Morgan fingerprint density at radius 2 is 1.96 bits per heavy atom. The Kier molecular flexibility index (Phi) is 5.33. The molecule has 1 aromatic heterocycles. The molecule has 7 heteroatoms. The van der Waals surface area contributed by atoms with E-state index in [-0.39, 0.29) is 17.6 Å². The van der Waals surface area contributed by atoms with Gasteiger partial charge in [0.15, 0.2) is 0 Å². The number of carbonyl (C=O) groups is 2. The molecule has 0 radical (unpaired) electrons. The molecule has 2 heterocycles. The van der Waals surface area contributed by atoms with Gasteiger partial charge in [0.05, 0.1) is 24.8 Å². The molecule has 6 nitrogen and oxygen atoms in total. The smallest absolute Gasteiger partial charge is 0.338 e. The van der Waals surface area contributed by atoms with E-state index in [1.165, 1.54) is 7.11 Å². The molecule has 1 aliphatic rings. The molecule has 1 atom stereocenters. The Morgan fingerprint density at radius 3 is 2.64 bits per heavy atom. The monoisotopic (exact) mass is 404 g/mol. The van der Waals surface area contributed by atoms with E-state index < -0.39 is 5.97 Å². The van der Waals surface area contributed by atoms with Crippen LogP contribution in [0.3, 0.4) is 0 Å². The van der Waals surface area contributed by atoms with Crippen molar-refractivity contribution in [3.63, 3.8) is 0 Å². The van der Waals surface area contributed by atoms with Crippen LogP contribution in [-0.4, -0.2) is 48.1 Å². The minimum Gasteiger partial charge on any atom is -0.472 e. The van der Waals surface area contributed by atoms with Gasteiger partial charge >= 0.3 is 5.97 Å². The zero-order chi connectivity index (χ0) is 17.8. The summed E-state index contributed by atoms with van der Waals surface area (Å²) in [5.74, 6) is -0.191. The maximum Gasteiger partial charge on any atom is 0.338 e. The molecule has 2 aromatic rings. The summed E-state index contributed by atoms with van der Waals surface area (Å²) < 4.78 is 11.5. The number of hydrogen-bond donors (Lipinski definition) is 0. The quantitative estimate of drug-likeness (QED) is 0.732. The van der Waals surface area contributed by atoms with Crippen molar-refractivity contribution in [3.8, 4) is 5.88 Å². The lowest BCUT2D eigenvalue weighted by atomic mass is 10.1. The molecule has 0 N–H and O–H groups in total. The summed E-state index contributed by atoms with van der Waals surface area (Å²) in [4.78, 5) is 30.5. The Morgan fingerprint density at radius 1 is 1.20 bits per heavy atom. The highest BCUT2D eigenvalue weighted by Gasteiger charge is 2.30. The maximum atomic E-state index is 12.8. The van der Waals surface area contributed by atoms with Crippen LogP contribution < -0.4 is 4.74 Å². The zero-order valence-electron chi connectivity index (χ0n) is 13.6. The van der Waals surface area contributed by atoms with Crippen LogP contribution in [0, 0.1) is 0 Å². The highest BCUT2D eigenvalue weighted by molar-refractivity contribution is 9.10. The molecule has 0 aliphatic carbocycles. The van der Waals surface area contributed by atoms with Crippen molar-refractivity contribution in [1.29, 1.82) is 0 Å². The van der Waals surface area contributed by atoms with E-state index in [1.807, 2.05) is 6.07 Å². The fourth-order valence-corrected chi connectivity index (χ4v) is 2.97. The summed E-state index contributed by atoms with van der Waals surface area (Å²) in [6.45, 7) is 1.02. The summed E-state index contributed by atoms with van der Waals surface area (Å²) in [5.41, 5.74) is 0.616. The summed E-state index contributed by atoms with van der Waals surface area (Å²) in [6, 6.07) is 10.3. The minimum absolute atomic E-state index is 0.122. The summed E-state index contributed by atoms with van der Waals surface area (Å²) in [6.07, 6.45) is 2.26. The molecular weight excluding hydrogens is 388 g/mol. The second-order valence-corrected chi connectivity index (χ2v) is 6.55. The van der Waals surface area contributed by atoms with E-state index in [4.69, 9.17) is 9.47 Å². The molecule has 1 unspecified atom stereocenters. The van der Waals surface area contributed by atoms with E-state index >= 15 is 0 Å². The van der Waals surface area contributed by atoms with Gasteiger partial charge in [0, 0.05) is 29.7 Å². The standard InChI is InChI=1S/C18H17BrN2O4/c1-24-18(23)15-5-3-2-4-14(15)17(22)21-9-8-13(11-21)25-16-7-6-12(19)10-20-16/h2-7,10,13H,8-9,11H2,1H3. The van der Waals surface area contributed by atoms with Crippen LogP contribution in [0.4, 0.5) is 0 Å². The maximum absolute atomic E-state index is 12.8. The predicted molar refractivity (Wildman–Crippen MR) is 94.7 cm³/mol. The van der Waals surface area contributed by atoms with E-state index in [2.05, 4.69) is 20.9 Å². The number of ether oxygens (including phenoxy) is 2. The van der Waals surface area contributed by atoms with Gasteiger partial charge < -0.3 is 14.4 Å². The third kappa shape index (κ3) is 3.99. The third-order valence-electron chi connectivity index (χ3n) is 3.98. The number of amides is 1. The molecule has 3 rings (SSSR count). The number of aromatic nitrogens is 1. The SMILES string of the molecule is COC(=O)c1ccccc1C(=O)N1CCC(Oc2ccc(Br)cn2)C1. The van der Waals surface area contributed by atoms with E-state index in [0.29, 0.717) is 31.0 Å². The number of pyridine rings is 1. The lowest BCUT2D eigenvalue weighted by molar-refractivity contribution is 0.0591. The number of carbonyl (C=O) groups excluding carboxylic acids is 2. The lowest BCUT2D eigenvalue weighted by Gasteiger charge is -2.18. The average Bonchev–Trinajstić information content (AvgIpc) is 3.11. The zero-order valence-corrected chi connectivity index (χ0v) is 15.2. The number of methoxy groups -OCH3 is 1. The highest BCUT2D eigenvalue weighted by Crippen LogP contribution is 2.21. The number of esters is 1. The molecule has 1 amide bonds. The van der Waals surface area contributed by atoms with E-state index in [0.717, 1.165) is 4.47 Å². The number of rotatable bonds is 4. The summed E-state index contributed by atoms with van der Waals surface area (Å²) >= 11 is 3.33. The fourth-order valence-electron chi connectivity index (χ4n) is 2.74. The van der Waals surface area contributed by atoms with Gasteiger partial charge in [0.25, 0.3) is 5.91 Å². The van der Waals surface area contributed by atoms with Gasteiger partial charge in [-0.2, -0.15) is 0 Å². The van der Waals surface area contributed by atoms with Crippen LogP contribution in [0.25, 0.3) is 0 Å². The first-order valence-corrected chi connectivity index (χ1v) is 8.62. The molecule has 1 fully saturated rings. The molecule has 1 saturated heterocycles. The first-order chi connectivity index (χ1) is 12.1. The van der Waals surface area contributed by atoms with Crippen LogP contribution in [0.5, 0.6) is 5.88 Å². The average molecular weight is 405 g/mol. The third-order valence-corrected chi connectivity index (χ3v) is 4.45. The van der Waals surface area contributed by atoms with Gasteiger partial charge in [-0.05, 0) is 34.1 Å². The van der Waals surface area contributed by atoms with Gasteiger partial charge in [-0.1, -0.05) is 12.1 Å². The largest absolute Gasteiger partial charge is 0.472 e. The van der Waals surface area contributed by atoms with Crippen molar-refractivity contribution < 1.29 is 19.1 Å². The second-order valence-electron chi connectivity index (χ2n) is 5.63. The normalized spacial score (nSPS) is 16.6. The number of hydrogen-bond acceptors (Lipinski definition) is 5. The molecular formula is C18H17BrN2O4. The van der Waals surface area contributed by atoms with Crippen molar-refractivity contribution in [3.05, 3.63) is 58.2 Å². The lowest BCUT2D eigenvalue weighted by Crippen LogP contribution is -2.32. The van der Waals surface area contributed by atoms with Gasteiger partial charge in [0.1, 0.15) is 6.10 Å². The summed E-state index contributed by atoms with van der Waals surface area (Å²) in [7, 11) is 1.30. The summed E-state index contributed by atoms with van der Waals surface area (Å²) in [5, 5.41) is 0. The van der Waals surface area contributed by atoms with Crippen molar-refractivity contribution in [2.24, 2.45) is 0 Å². The van der Waals surface area contributed by atoms with Crippen LogP contribution in [0.2, 0.25) is 0 Å². The molecule has 25 heavy (non-hydrogen) atoms. The van der Waals surface area contributed by atoms with Crippen molar-refractivity contribution in [2.75, 3.05) is 20.2 Å². The van der Waals surface area contributed by atoms with Crippen LogP contribution >= 0.6 is 15.9 Å². The number of halogens is 1. The van der Waals surface area contributed by atoms with Crippen LogP contribution in [0.15, 0.2) is 47.1 Å². The van der Waals surface area contributed by atoms with Gasteiger partial charge in [-0.15, -0.1) is 0 Å². The van der Waals surface area contributed by atoms with Gasteiger partial charge in [0.2, 0.25) is 5.88 Å². The number of likely N-dealkylation sites (tertiary alicyclic amines) is 1. The first kappa shape index (κ1) is 17.4. The Balaban J connectivity index is 1.69. The number of benzene rings is 1. The minimum atomic E-state index is -0.519. The second kappa shape index (κ2) is 7.65. The molecule has 1 aromatic carbocycles. The molecule has 0 saturated carbocycles. The fraction of sp³-hybridized carbons (Fsp3) is 0.278. The van der Waals surface area contributed by atoms with Gasteiger partial charge in [-0.3, -0.25) is 4.79 Å². The van der Waals surface area contributed by atoms with Gasteiger partial charge in [-0.25, -0.2) is 9.78 Å². The van der Waals surface area contributed by atoms with E-state index in [9.17, 15) is 9.59 Å². The number of nitrogens with zero attached hydrogens (tertiary/aromatic N) is 2. The van der Waals surface area contributed by atoms with Crippen LogP contribution in [0.1, 0.15) is 27.1 Å². The van der Waals surface area contributed by atoms with E-state index in [1.54, 1.807) is 41.4 Å². The predicted octanol–water partition coefficient (Wildman–Crippen LogP) is 2.92. The van der Waals surface area contributed by atoms with Crippen molar-refractivity contribution >= 4 is 27.8 Å². The molecule has 0 spiro atoms. The Bertz CT molecular complexity index is 779. The Labute approximate surface area is 153 Å². The topological polar surface area (TPSA) is 68.7 Å². The Hall–Kier alpha value is -2.41.